The third-order valence-corrected chi connectivity index (χ3v) is 3.58. The van der Waals surface area contributed by atoms with Crippen molar-refractivity contribution in [1.82, 2.24) is 0 Å². The zero-order valence-corrected chi connectivity index (χ0v) is 11.0. The van der Waals surface area contributed by atoms with E-state index in [1.165, 1.54) is 0 Å². The monoisotopic (exact) mass is 278 g/mol. The van der Waals surface area contributed by atoms with E-state index in [1.54, 1.807) is 0 Å². The van der Waals surface area contributed by atoms with Crippen LogP contribution in [-0.4, -0.2) is 5.11 Å². The summed E-state index contributed by atoms with van der Waals surface area (Å²) in [6.07, 6.45) is 0. The highest BCUT2D eigenvalue weighted by Gasteiger charge is 2.21. The number of halogens is 2. The van der Waals surface area contributed by atoms with Gasteiger partial charge in [-0.05, 0) is 24.6 Å². The summed E-state index contributed by atoms with van der Waals surface area (Å²) in [5.41, 5.74) is 3.79. The molecular weight excluding hydrogens is 267 g/mol. The highest BCUT2D eigenvalue weighted by Crippen LogP contribution is 2.42. The van der Waals surface area contributed by atoms with Gasteiger partial charge >= 0.3 is 0 Å². The van der Waals surface area contributed by atoms with Crippen molar-refractivity contribution in [2.24, 2.45) is 0 Å². The van der Waals surface area contributed by atoms with Gasteiger partial charge in [-0.1, -0.05) is 23.7 Å². The molecule has 98 valence electrons. The predicted molar refractivity (Wildman–Crippen MR) is 74.9 cm³/mol. The maximum absolute atomic E-state index is 13.5. The van der Waals surface area contributed by atoms with Crippen molar-refractivity contribution in [1.29, 1.82) is 0 Å². The number of hydrogen-bond donors (Lipinski definition) is 3. The standard InChI is InChI=1S/C14H12ClFN2O/c1-7-3-2-4-11-12(7)18-13-8(6-17-11)14(19)10(16)5-9(13)15/h2-5,17-19H,6H2,1H3. The second kappa shape index (κ2) is 4.31. The molecule has 0 radical (unpaired) electrons. The summed E-state index contributed by atoms with van der Waals surface area (Å²) in [4.78, 5) is 0. The average molecular weight is 279 g/mol. The lowest BCUT2D eigenvalue weighted by atomic mass is 10.1. The van der Waals surface area contributed by atoms with Crippen molar-refractivity contribution in [3.63, 3.8) is 0 Å². The summed E-state index contributed by atoms with van der Waals surface area (Å²) in [7, 11) is 0. The molecule has 1 aliphatic rings. The molecule has 0 aliphatic carbocycles. The molecular formula is C14H12ClFN2O. The summed E-state index contributed by atoms with van der Waals surface area (Å²) in [5.74, 6) is -1.08. The number of aromatic hydroxyl groups is 1. The SMILES string of the molecule is Cc1cccc2c1Nc1c(Cl)cc(F)c(O)c1CN2. The molecule has 3 N–H and O–H groups in total. The third kappa shape index (κ3) is 1.88. The van der Waals surface area contributed by atoms with Gasteiger partial charge in [0.25, 0.3) is 0 Å². The van der Waals surface area contributed by atoms with Crippen LogP contribution in [0.3, 0.4) is 0 Å². The number of nitrogens with one attached hydrogen (secondary N) is 2. The molecule has 1 heterocycles. The van der Waals surface area contributed by atoms with Gasteiger partial charge in [-0.25, -0.2) is 4.39 Å². The summed E-state index contributed by atoms with van der Waals surface area (Å²) >= 11 is 6.07. The van der Waals surface area contributed by atoms with E-state index in [0.717, 1.165) is 23.0 Å². The van der Waals surface area contributed by atoms with Crippen molar-refractivity contribution in [2.75, 3.05) is 10.6 Å². The fraction of sp³-hybridized carbons (Fsp3) is 0.143. The summed E-state index contributed by atoms with van der Waals surface area (Å²) in [6, 6.07) is 6.94. The van der Waals surface area contributed by atoms with Gasteiger partial charge in [-0.3, -0.25) is 0 Å². The summed E-state index contributed by atoms with van der Waals surface area (Å²) in [5, 5.41) is 16.4. The zero-order valence-electron chi connectivity index (χ0n) is 10.2. The van der Waals surface area contributed by atoms with Crippen molar-refractivity contribution in [3.05, 3.63) is 46.2 Å². The van der Waals surface area contributed by atoms with Crippen LogP contribution in [0.4, 0.5) is 21.5 Å². The van der Waals surface area contributed by atoms with Crippen LogP contribution < -0.4 is 10.6 Å². The van der Waals surface area contributed by atoms with E-state index in [-0.39, 0.29) is 10.8 Å². The fourth-order valence-corrected chi connectivity index (χ4v) is 2.51. The van der Waals surface area contributed by atoms with Crippen LogP contribution in [-0.2, 0) is 6.54 Å². The number of fused-ring (bicyclic) bond motifs is 2. The van der Waals surface area contributed by atoms with Crippen LogP contribution in [0, 0.1) is 12.7 Å². The van der Waals surface area contributed by atoms with Gasteiger partial charge in [0, 0.05) is 12.1 Å². The first kappa shape index (κ1) is 12.1. The number of phenols is 1. The van der Waals surface area contributed by atoms with Gasteiger partial charge in [0.15, 0.2) is 11.6 Å². The highest BCUT2D eigenvalue weighted by atomic mass is 35.5. The molecule has 0 saturated heterocycles. The Morgan fingerprint density at radius 2 is 2.11 bits per heavy atom. The van der Waals surface area contributed by atoms with E-state index < -0.39 is 5.82 Å². The highest BCUT2D eigenvalue weighted by molar-refractivity contribution is 6.33. The summed E-state index contributed by atoms with van der Waals surface area (Å²) < 4.78 is 13.5. The number of hydrogen-bond acceptors (Lipinski definition) is 3. The Balaban J connectivity index is 2.21. The zero-order chi connectivity index (χ0) is 13.6. The molecule has 3 rings (SSSR count). The molecule has 0 unspecified atom stereocenters. The van der Waals surface area contributed by atoms with Crippen molar-refractivity contribution in [2.45, 2.75) is 13.5 Å². The molecule has 0 saturated carbocycles. The Kier molecular flexibility index (Phi) is 2.75. The van der Waals surface area contributed by atoms with Crippen LogP contribution in [0.1, 0.15) is 11.1 Å². The second-order valence-electron chi connectivity index (χ2n) is 4.52. The van der Waals surface area contributed by atoms with E-state index >= 15 is 0 Å². The number of anilines is 3. The molecule has 2 aromatic carbocycles. The maximum atomic E-state index is 13.5. The van der Waals surface area contributed by atoms with E-state index in [1.807, 2.05) is 25.1 Å². The Hall–Kier alpha value is -1.94. The molecule has 3 nitrogen and oxygen atoms in total. The third-order valence-electron chi connectivity index (χ3n) is 3.28. The van der Waals surface area contributed by atoms with Crippen LogP contribution in [0.5, 0.6) is 5.75 Å². The number of aryl methyl sites for hydroxylation is 1. The first-order valence-electron chi connectivity index (χ1n) is 5.88. The molecule has 0 atom stereocenters. The van der Waals surface area contributed by atoms with Crippen molar-refractivity contribution >= 4 is 28.7 Å². The first-order valence-corrected chi connectivity index (χ1v) is 6.26. The van der Waals surface area contributed by atoms with Gasteiger partial charge in [0.05, 0.1) is 22.1 Å². The van der Waals surface area contributed by atoms with E-state index in [0.29, 0.717) is 17.8 Å². The summed E-state index contributed by atoms with van der Waals surface area (Å²) in [6.45, 7) is 2.28. The Morgan fingerprint density at radius 3 is 2.89 bits per heavy atom. The Bertz CT molecular complexity index is 673. The lowest BCUT2D eigenvalue weighted by Gasteiger charge is -2.14. The van der Waals surface area contributed by atoms with E-state index in [9.17, 15) is 9.50 Å². The molecule has 0 aromatic heterocycles. The largest absolute Gasteiger partial charge is 0.505 e. The molecule has 0 spiro atoms. The van der Waals surface area contributed by atoms with Crippen LogP contribution in [0.15, 0.2) is 24.3 Å². The predicted octanol–water partition coefficient (Wildman–Crippen LogP) is 4.16. The Labute approximate surface area is 115 Å². The number of phenolic OH excluding ortho intramolecular Hbond substituents is 1. The molecule has 0 amide bonds. The molecule has 0 fully saturated rings. The minimum atomic E-state index is -0.713. The quantitative estimate of drug-likeness (QED) is 0.678. The van der Waals surface area contributed by atoms with E-state index in [4.69, 9.17) is 11.6 Å². The number of para-hydroxylation sites is 1. The molecule has 5 heteroatoms. The maximum Gasteiger partial charge on any atom is 0.166 e. The van der Waals surface area contributed by atoms with Gasteiger partial charge in [-0.2, -0.15) is 0 Å². The minimum Gasteiger partial charge on any atom is -0.505 e. The van der Waals surface area contributed by atoms with Crippen LogP contribution in [0.25, 0.3) is 0 Å². The van der Waals surface area contributed by atoms with Gasteiger partial charge in [-0.15, -0.1) is 0 Å². The minimum absolute atomic E-state index is 0.253. The van der Waals surface area contributed by atoms with Gasteiger partial charge in [0.1, 0.15) is 0 Å². The fourth-order valence-electron chi connectivity index (χ4n) is 2.26. The molecule has 1 aliphatic heterocycles. The first-order chi connectivity index (χ1) is 9.08. The van der Waals surface area contributed by atoms with Gasteiger partial charge in [0.2, 0.25) is 0 Å². The van der Waals surface area contributed by atoms with Crippen LogP contribution >= 0.6 is 11.6 Å². The molecule has 19 heavy (non-hydrogen) atoms. The van der Waals surface area contributed by atoms with Crippen molar-refractivity contribution in [3.8, 4) is 5.75 Å². The normalized spacial score (nSPS) is 12.8. The number of benzene rings is 2. The molecule has 2 aromatic rings. The lowest BCUT2D eigenvalue weighted by molar-refractivity contribution is 0.427. The second-order valence-corrected chi connectivity index (χ2v) is 4.93. The lowest BCUT2D eigenvalue weighted by Crippen LogP contribution is -1.99. The van der Waals surface area contributed by atoms with E-state index in [2.05, 4.69) is 10.6 Å². The van der Waals surface area contributed by atoms with Gasteiger partial charge < -0.3 is 15.7 Å². The smallest absolute Gasteiger partial charge is 0.166 e. The topological polar surface area (TPSA) is 44.3 Å². The molecule has 0 bridgehead atoms. The average Bonchev–Trinajstić information content (AvgIpc) is 2.57. The van der Waals surface area contributed by atoms with Crippen molar-refractivity contribution < 1.29 is 9.50 Å². The van der Waals surface area contributed by atoms with Crippen LogP contribution in [0.2, 0.25) is 5.02 Å². The number of rotatable bonds is 0. The Morgan fingerprint density at radius 1 is 1.32 bits per heavy atom.